The fraction of sp³-hybridized carbons (Fsp3) is 0.600. The van der Waals surface area contributed by atoms with Crippen LogP contribution in [0.3, 0.4) is 0 Å². The highest BCUT2D eigenvalue weighted by molar-refractivity contribution is 5.19. The van der Waals surface area contributed by atoms with Gasteiger partial charge in [0.15, 0.2) is 0 Å². The molecule has 0 spiro atoms. The number of unbranched alkanes of at least 4 members (excludes halogenated alkanes) is 1. The van der Waals surface area contributed by atoms with Gasteiger partial charge in [-0.15, -0.1) is 0 Å². The van der Waals surface area contributed by atoms with Crippen LogP contribution in [-0.2, 0) is 0 Å². The van der Waals surface area contributed by atoms with E-state index in [1.54, 1.807) is 0 Å². The molecular formula is C15H24N2. The van der Waals surface area contributed by atoms with Crippen molar-refractivity contribution < 1.29 is 0 Å². The number of hydrogen-bond donors (Lipinski definition) is 1. The predicted octanol–water partition coefficient (Wildman–Crippen LogP) is 2.82. The van der Waals surface area contributed by atoms with E-state index in [4.69, 9.17) is 0 Å². The van der Waals surface area contributed by atoms with E-state index in [0.29, 0.717) is 6.04 Å². The third-order valence-electron chi connectivity index (χ3n) is 3.61. The van der Waals surface area contributed by atoms with E-state index >= 15 is 0 Å². The molecule has 0 aliphatic carbocycles. The molecule has 0 aromatic heterocycles. The van der Waals surface area contributed by atoms with Crippen molar-refractivity contribution in [3.05, 3.63) is 35.9 Å². The van der Waals surface area contributed by atoms with Crippen LogP contribution in [0.4, 0.5) is 0 Å². The van der Waals surface area contributed by atoms with Gasteiger partial charge in [-0.1, -0.05) is 50.1 Å². The lowest BCUT2D eigenvalue weighted by molar-refractivity contribution is 0.163. The van der Waals surface area contributed by atoms with Crippen LogP contribution < -0.4 is 5.32 Å². The molecule has 0 unspecified atom stereocenters. The summed E-state index contributed by atoms with van der Waals surface area (Å²) < 4.78 is 0. The smallest absolute Gasteiger partial charge is 0.0349 e. The van der Waals surface area contributed by atoms with Crippen LogP contribution in [0.25, 0.3) is 0 Å². The normalized spacial score (nSPS) is 19.1. The van der Waals surface area contributed by atoms with Gasteiger partial charge in [-0.2, -0.15) is 0 Å². The van der Waals surface area contributed by atoms with Crippen molar-refractivity contribution in [3.8, 4) is 0 Å². The molecule has 1 fully saturated rings. The summed E-state index contributed by atoms with van der Waals surface area (Å²) in [5.41, 5.74) is 1.49. The molecule has 17 heavy (non-hydrogen) atoms. The van der Waals surface area contributed by atoms with Gasteiger partial charge in [0.1, 0.15) is 0 Å². The van der Waals surface area contributed by atoms with Crippen LogP contribution in [-0.4, -0.2) is 31.1 Å². The lowest BCUT2D eigenvalue weighted by Gasteiger charge is -2.35. The minimum atomic E-state index is 0.623. The highest BCUT2D eigenvalue weighted by atomic mass is 15.2. The maximum atomic E-state index is 3.44. The molecule has 1 N–H and O–H groups in total. The van der Waals surface area contributed by atoms with Gasteiger partial charge < -0.3 is 5.32 Å². The standard InChI is InChI=1S/C15H24N2/c1-2-3-9-15(14-7-5-4-6-8-14)17-12-10-16-11-13-17/h4-8,15-16H,2-3,9-13H2,1H3/t15-/m1/s1. The maximum Gasteiger partial charge on any atom is 0.0349 e. The monoisotopic (exact) mass is 232 g/mol. The lowest BCUT2D eigenvalue weighted by atomic mass is 9.99. The van der Waals surface area contributed by atoms with E-state index in [9.17, 15) is 0 Å². The minimum absolute atomic E-state index is 0.623. The van der Waals surface area contributed by atoms with Crippen LogP contribution in [0.5, 0.6) is 0 Å². The average Bonchev–Trinajstić information content (AvgIpc) is 2.42. The number of hydrogen-bond acceptors (Lipinski definition) is 2. The van der Waals surface area contributed by atoms with Crippen molar-refractivity contribution in [2.24, 2.45) is 0 Å². The molecule has 0 radical (unpaired) electrons. The third-order valence-corrected chi connectivity index (χ3v) is 3.61. The van der Waals surface area contributed by atoms with Crippen LogP contribution in [0, 0.1) is 0 Å². The third kappa shape index (κ3) is 3.55. The Kier molecular flexibility index (Phi) is 5.02. The van der Waals surface area contributed by atoms with E-state index in [1.165, 1.54) is 37.9 Å². The Morgan fingerprint density at radius 1 is 1.18 bits per heavy atom. The Bertz CT molecular complexity index is 304. The van der Waals surface area contributed by atoms with Gasteiger partial charge in [-0.3, -0.25) is 4.90 Å². The molecule has 0 saturated carbocycles. The maximum absolute atomic E-state index is 3.44. The van der Waals surface area contributed by atoms with Crippen LogP contribution >= 0.6 is 0 Å². The molecule has 1 aliphatic heterocycles. The van der Waals surface area contributed by atoms with Crippen molar-refractivity contribution in [3.63, 3.8) is 0 Å². The van der Waals surface area contributed by atoms with Crippen molar-refractivity contribution in [1.29, 1.82) is 0 Å². The Morgan fingerprint density at radius 3 is 2.53 bits per heavy atom. The van der Waals surface area contributed by atoms with Crippen LogP contribution in [0.15, 0.2) is 30.3 Å². The van der Waals surface area contributed by atoms with E-state index in [2.05, 4.69) is 47.5 Å². The molecule has 1 aliphatic rings. The van der Waals surface area contributed by atoms with E-state index < -0.39 is 0 Å². The Morgan fingerprint density at radius 2 is 1.88 bits per heavy atom. The molecular weight excluding hydrogens is 208 g/mol. The summed E-state index contributed by atoms with van der Waals surface area (Å²) in [6.45, 7) is 6.91. The first-order chi connectivity index (χ1) is 8.42. The zero-order valence-corrected chi connectivity index (χ0v) is 10.9. The average molecular weight is 232 g/mol. The highest BCUT2D eigenvalue weighted by Crippen LogP contribution is 2.26. The Balaban J connectivity index is 2.06. The van der Waals surface area contributed by atoms with Gasteiger partial charge in [0.2, 0.25) is 0 Å². The molecule has 1 heterocycles. The second-order valence-electron chi connectivity index (χ2n) is 4.85. The molecule has 1 saturated heterocycles. The lowest BCUT2D eigenvalue weighted by Crippen LogP contribution is -2.45. The molecule has 1 aromatic rings. The van der Waals surface area contributed by atoms with Crippen LogP contribution in [0.1, 0.15) is 37.8 Å². The quantitative estimate of drug-likeness (QED) is 0.840. The van der Waals surface area contributed by atoms with Crippen molar-refractivity contribution >= 4 is 0 Å². The number of nitrogens with one attached hydrogen (secondary N) is 1. The van der Waals surface area contributed by atoms with Gasteiger partial charge in [0, 0.05) is 32.2 Å². The fourth-order valence-electron chi connectivity index (χ4n) is 2.63. The minimum Gasteiger partial charge on any atom is -0.314 e. The highest BCUT2D eigenvalue weighted by Gasteiger charge is 2.21. The zero-order chi connectivity index (χ0) is 11.9. The summed E-state index contributed by atoms with van der Waals surface area (Å²) in [7, 11) is 0. The summed E-state index contributed by atoms with van der Waals surface area (Å²) in [4.78, 5) is 2.64. The predicted molar refractivity (Wildman–Crippen MR) is 73.2 cm³/mol. The molecule has 2 nitrogen and oxygen atoms in total. The van der Waals surface area contributed by atoms with Gasteiger partial charge in [-0.25, -0.2) is 0 Å². The van der Waals surface area contributed by atoms with Crippen molar-refractivity contribution in [2.75, 3.05) is 26.2 Å². The Labute approximate surface area is 105 Å². The summed E-state index contributed by atoms with van der Waals surface area (Å²) in [5.74, 6) is 0. The Hall–Kier alpha value is -0.860. The summed E-state index contributed by atoms with van der Waals surface area (Å²) in [6.07, 6.45) is 3.90. The van der Waals surface area contributed by atoms with E-state index in [1.807, 2.05) is 0 Å². The molecule has 1 aromatic carbocycles. The second-order valence-corrected chi connectivity index (χ2v) is 4.85. The van der Waals surface area contributed by atoms with E-state index in [0.717, 1.165) is 13.1 Å². The first-order valence-electron chi connectivity index (χ1n) is 6.91. The van der Waals surface area contributed by atoms with Gasteiger partial charge in [0.25, 0.3) is 0 Å². The van der Waals surface area contributed by atoms with Crippen LogP contribution in [0.2, 0.25) is 0 Å². The van der Waals surface area contributed by atoms with Gasteiger partial charge in [0.05, 0.1) is 0 Å². The zero-order valence-electron chi connectivity index (χ0n) is 10.9. The number of nitrogens with zero attached hydrogens (tertiary/aromatic N) is 1. The summed E-state index contributed by atoms with van der Waals surface area (Å²) >= 11 is 0. The summed E-state index contributed by atoms with van der Waals surface area (Å²) in [6, 6.07) is 11.6. The molecule has 0 amide bonds. The topological polar surface area (TPSA) is 15.3 Å². The number of piperazine rings is 1. The number of rotatable bonds is 5. The summed E-state index contributed by atoms with van der Waals surface area (Å²) in [5, 5.41) is 3.44. The number of benzene rings is 1. The SMILES string of the molecule is CCCC[C@H](c1ccccc1)N1CCNCC1. The van der Waals surface area contributed by atoms with Gasteiger partial charge >= 0.3 is 0 Å². The fourth-order valence-corrected chi connectivity index (χ4v) is 2.63. The molecule has 1 atom stereocenters. The van der Waals surface area contributed by atoms with E-state index in [-0.39, 0.29) is 0 Å². The largest absolute Gasteiger partial charge is 0.314 e. The molecule has 94 valence electrons. The first-order valence-corrected chi connectivity index (χ1v) is 6.91. The van der Waals surface area contributed by atoms with Crippen molar-refractivity contribution in [2.45, 2.75) is 32.2 Å². The molecule has 2 heteroatoms. The molecule has 2 rings (SSSR count). The van der Waals surface area contributed by atoms with Crippen molar-refractivity contribution in [1.82, 2.24) is 10.2 Å². The van der Waals surface area contributed by atoms with Gasteiger partial charge in [-0.05, 0) is 12.0 Å². The second kappa shape index (κ2) is 6.77. The first kappa shape index (κ1) is 12.6. The molecule has 0 bridgehead atoms.